The zero-order chi connectivity index (χ0) is 18.6. The molecule has 2 N–H and O–H groups in total. The lowest BCUT2D eigenvalue weighted by molar-refractivity contribution is -0.0366. The molecule has 3 rings (SSSR count). The molecule has 2 aromatic carbocycles. The van der Waals surface area contributed by atoms with Crippen molar-refractivity contribution in [2.75, 3.05) is 0 Å². The topological polar surface area (TPSA) is 58.1 Å². The number of nitrogens with one attached hydrogen (secondary N) is 1. The normalized spacial score (nSPS) is 14.0. The lowest BCUT2D eigenvalue weighted by Gasteiger charge is -2.32. The standard InChI is InChI=1S/C21H24N2O2S/c1-21(2,3)19(24)18(20-22-13-14-23-20)25-15-9-11-17(12-10-15)26-16-7-5-4-6-8-16/h4-14,18-19,24H,1-3H3,(H,22,23). The summed E-state index contributed by atoms with van der Waals surface area (Å²) in [6.45, 7) is 5.95. The number of H-pyrrole nitrogens is 1. The Morgan fingerprint density at radius 3 is 2.23 bits per heavy atom. The fraction of sp³-hybridized carbons (Fsp3) is 0.286. The number of hydrogen-bond donors (Lipinski definition) is 2. The summed E-state index contributed by atoms with van der Waals surface area (Å²) < 4.78 is 6.10. The van der Waals surface area contributed by atoms with Gasteiger partial charge in [-0.3, -0.25) is 0 Å². The summed E-state index contributed by atoms with van der Waals surface area (Å²) >= 11 is 1.70. The van der Waals surface area contributed by atoms with Crippen LogP contribution < -0.4 is 4.74 Å². The fourth-order valence-corrected chi connectivity index (χ4v) is 3.35. The van der Waals surface area contributed by atoms with E-state index in [2.05, 4.69) is 22.1 Å². The van der Waals surface area contributed by atoms with Crippen LogP contribution in [-0.4, -0.2) is 21.2 Å². The van der Waals surface area contributed by atoms with Gasteiger partial charge in [-0.2, -0.15) is 0 Å². The predicted octanol–water partition coefficient (Wildman–Crippen LogP) is 5.09. The minimum atomic E-state index is -0.702. The van der Waals surface area contributed by atoms with Gasteiger partial charge >= 0.3 is 0 Å². The molecule has 1 heterocycles. The van der Waals surface area contributed by atoms with E-state index >= 15 is 0 Å². The van der Waals surface area contributed by atoms with E-state index in [0.29, 0.717) is 11.6 Å². The fourth-order valence-electron chi connectivity index (χ4n) is 2.51. The monoisotopic (exact) mass is 368 g/mol. The second-order valence-corrected chi connectivity index (χ2v) is 8.36. The Bertz CT molecular complexity index is 796. The molecule has 0 radical (unpaired) electrons. The van der Waals surface area contributed by atoms with Crippen LogP contribution in [0.3, 0.4) is 0 Å². The van der Waals surface area contributed by atoms with E-state index < -0.39 is 12.2 Å². The summed E-state index contributed by atoms with van der Waals surface area (Å²) in [5.41, 5.74) is -0.333. The SMILES string of the molecule is CC(C)(C)C(O)C(Oc1ccc(Sc2ccccc2)cc1)c1ncc[nH]1. The number of benzene rings is 2. The Morgan fingerprint density at radius 2 is 1.65 bits per heavy atom. The molecule has 0 aliphatic rings. The first-order valence-corrected chi connectivity index (χ1v) is 9.42. The van der Waals surface area contributed by atoms with Crippen molar-refractivity contribution >= 4 is 11.8 Å². The van der Waals surface area contributed by atoms with Crippen molar-refractivity contribution in [1.82, 2.24) is 9.97 Å². The van der Waals surface area contributed by atoms with Crippen LogP contribution in [0.1, 0.15) is 32.7 Å². The number of aromatic amines is 1. The summed E-state index contributed by atoms with van der Waals surface area (Å²) in [6, 6.07) is 18.1. The largest absolute Gasteiger partial charge is 0.480 e. The first kappa shape index (κ1) is 18.5. The van der Waals surface area contributed by atoms with Gasteiger partial charge in [0.25, 0.3) is 0 Å². The molecule has 0 aliphatic heterocycles. The van der Waals surface area contributed by atoms with E-state index in [0.717, 1.165) is 4.90 Å². The van der Waals surface area contributed by atoms with Gasteiger partial charge in [0.05, 0.1) is 0 Å². The van der Waals surface area contributed by atoms with Crippen molar-refractivity contribution in [2.24, 2.45) is 5.41 Å². The third-order valence-corrected chi connectivity index (χ3v) is 5.04. The predicted molar refractivity (Wildman–Crippen MR) is 104 cm³/mol. The number of aliphatic hydroxyl groups is 1. The number of aliphatic hydroxyl groups excluding tert-OH is 1. The summed E-state index contributed by atoms with van der Waals surface area (Å²) in [4.78, 5) is 9.66. The molecule has 4 nitrogen and oxygen atoms in total. The lowest BCUT2D eigenvalue weighted by atomic mass is 9.85. The smallest absolute Gasteiger partial charge is 0.182 e. The highest BCUT2D eigenvalue weighted by Crippen LogP contribution is 2.34. The van der Waals surface area contributed by atoms with E-state index in [1.165, 1.54) is 4.90 Å². The number of hydrogen-bond acceptors (Lipinski definition) is 4. The molecular weight excluding hydrogens is 344 g/mol. The van der Waals surface area contributed by atoms with E-state index in [9.17, 15) is 5.11 Å². The molecule has 0 fully saturated rings. The number of nitrogens with zero attached hydrogens (tertiary/aromatic N) is 1. The quantitative estimate of drug-likeness (QED) is 0.636. The highest BCUT2D eigenvalue weighted by Gasteiger charge is 2.34. The van der Waals surface area contributed by atoms with Gasteiger partial charge in [-0.1, -0.05) is 50.7 Å². The average Bonchev–Trinajstić information content (AvgIpc) is 3.15. The maximum atomic E-state index is 10.7. The molecule has 3 aromatic rings. The Balaban J connectivity index is 1.75. The van der Waals surface area contributed by atoms with E-state index in [-0.39, 0.29) is 5.41 Å². The van der Waals surface area contributed by atoms with Crippen LogP contribution in [0.2, 0.25) is 0 Å². The van der Waals surface area contributed by atoms with Gasteiger partial charge in [0.1, 0.15) is 17.7 Å². The maximum absolute atomic E-state index is 10.7. The van der Waals surface area contributed by atoms with Crippen LogP contribution in [-0.2, 0) is 0 Å². The van der Waals surface area contributed by atoms with Gasteiger partial charge in [-0.15, -0.1) is 0 Å². The Morgan fingerprint density at radius 1 is 1.00 bits per heavy atom. The first-order chi connectivity index (χ1) is 12.4. The Labute approximate surface area is 158 Å². The van der Waals surface area contributed by atoms with Crippen molar-refractivity contribution in [3.8, 4) is 5.75 Å². The van der Waals surface area contributed by atoms with Gasteiger partial charge in [0.15, 0.2) is 6.10 Å². The summed E-state index contributed by atoms with van der Waals surface area (Å²) in [5.74, 6) is 1.32. The highest BCUT2D eigenvalue weighted by atomic mass is 32.2. The third-order valence-electron chi connectivity index (χ3n) is 4.03. The molecule has 0 bridgehead atoms. The molecule has 2 atom stereocenters. The van der Waals surface area contributed by atoms with Gasteiger partial charge in [-0.05, 0) is 41.8 Å². The third kappa shape index (κ3) is 4.68. The van der Waals surface area contributed by atoms with Gasteiger partial charge < -0.3 is 14.8 Å². The van der Waals surface area contributed by atoms with Crippen molar-refractivity contribution in [3.05, 3.63) is 72.8 Å². The molecule has 1 aromatic heterocycles. The minimum Gasteiger partial charge on any atom is -0.480 e. The number of imidazole rings is 1. The summed E-state index contributed by atoms with van der Waals surface area (Å²) in [6.07, 6.45) is 2.14. The maximum Gasteiger partial charge on any atom is 0.182 e. The number of rotatable bonds is 6. The van der Waals surface area contributed by atoms with E-state index in [1.54, 1.807) is 24.2 Å². The van der Waals surface area contributed by atoms with Crippen molar-refractivity contribution in [1.29, 1.82) is 0 Å². The van der Waals surface area contributed by atoms with Crippen LogP contribution in [0.5, 0.6) is 5.75 Å². The molecular formula is C21H24N2O2S. The van der Waals surface area contributed by atoms with Crippen molar-refractivity contribution in [2.45, 2.75) is 42.8 Å². The molecule has 0 aliphatic carbocycles. The number of aromatic nitrogens is 2. The molecule has 136 valence electrons. The van der Waals surface area contributed by atoms with Crippen LogP contribution in [0.25, 0.3) is 0 Å². The minimum absolute atomic E-state index is 0.333. The number of ether oxygens (including phenoxy) is 1. The molecule has 0 saturated carbocycles. The zero-order valence-corrected chi connectivity index (χ0v) is 16.0. The molecule has 0 amide bonds. The second-order valence-electron chi connectivity index (χ2n) is 7.21. The van der Waals surface area contributed by atoms with E-state index in [4.69, 9.17) is 4.74 Å². The second kappa shape index (κ2) is 7.98. The summed E-state index contributed by atoms with van der Waals surface area (Å²) in [7, 11) is 0. The molecule has 2 unspecified atom stereocenters. The van der Waals surface area contributed by atoms with Gasteiger partial charge in [0, 0.05) is 22.2 Å². The lowest BCUT2D eigenvalue weighted by Crippen LogP contribution is -2.36. The zero-order valence-electron chi connectivity index (χ0n) is 15.2. The first-order valence-electron chi connectivity index (χ1n) is 8.60. The molecule has 26 heavy (non-hydrogen) atoms. The summed E-state index contributed by atoms with van der Waals surface area (Å²) in [5, 5.41) is 10.7. The molecule has 0 spiro atoms. The van der Waals surface area contributed by atoms with Gasteiger partial charge in [0.2, 0.25) is 0 Å². The Hall–Kier alpha value is -2.24. The van der Waals surface area contributed by atoms with E-state index in [1.807, 2.05) is 63.2 Å². The van der Waals surface area contributed by atoms with Crippen molar-refractivity contribution in [3.63, 3.8) is 0 Å². The highest BCUT2D eigenvalue weighted by molar-refractivity contribution is 7.99. The Kier molecular flexibility index (Phi) is 5.69. The van der Waals surface area contributed by atoms with Crippen LogP contribution >= 0.6 is 11.8 Å². The van der Waals surface area contributed by atoms with Crippen LogP contribution in [0.4, 0.5) is 0 Å². The van der Waals surface area contributed by atoms with Gasteiger partial charge in [-0.25, -0.2) is 4.98 Å². The average molecular weight is 369 g/mol. The molecule has 5 heteroatoms. The van der Waals surface area contributed by atoms with Crippen molar-refractivity contribution < 1.29 is 9.84 Å². The van der Waals surface area contributed by atoms with Crippen LogP contribution in [0.15, 0.2) is 76.8 Å². The molecule has 0 saturated heterocycles. The van der Waals surface area contributed by atoms with Crippen LogP contribution in [0, 0.1) is 5.41 Å².